The second-order valence-corrected chi connectivity index (χ2v) is 7.01. The molecule has 3 heterocycles. The van der Waals surface area contributed by atoms with Crippen molar-refractivity contribution >= 4 is 39.8 Å². The predicted molar refractivity (Wildman–Crippen MR) is 93.6 cm³/mol. The normalized spacial score (nSPS) is 14.4. The highest BCUT2D eigenvalue weighted by atomic mass is 35.5. The number of carbonyl (C=O) groups is 1. The molecule has 0 aromatic carbocycles. The molecular weight excluding hydrogens is 348 g/mol. The number of carbonyl (C=O) groups excluding carboxylic acids is 1. The number of thiazole rings is 1. The van der Waals surface area contributed by atoms with Gasteiger partial charge in [0.1, 0.15) is 16.1 Å². The first kappa shape index (κ1) is 16.5. The summed E-state index contributed by atoms with van der Waals surface area (Å²) in [6.45, 7) is 4.49. The van der Waals surface area contributed by atoms with Gasteiger partial charge in [0.2, 0.25) is 0 Å². The second kappa shape index (κ2) is 7.03. The molecule has 2 aromatic rings. The number of anilines is 2. The van der Waals surface area contributed by atoms with Crippen LogP contribution in [-0.4, -0.2) is 47.1 Å². The van der Waals surface area contributed by atoms with Crippen LogP contribution in [0.1, 0.15) is 11.3 Å². The molecule has 9 heteroatoms. The minimum Gasteiger partial charge on any atom is -0.367 e. The largest absolute Gasteiger partial charge is 0.367 e. The molecule has 7 nitrogen and oxygen atoms in total. The van der Waals surface area contributed by atoms with E-state index in [1.807, 2.05) is 13.0 Å². The summed E-state index contributed by atoms with van der Waals surface area (Å²) < 4.78 is 0.541. The average molecular weight is 363 g/mol. The Balaban J connectivity index is 1.58. The van der Waals surface area contributed by atoms with Gasteiger partial charge in [-0.2, -0.15) is 5.26 Å². The zero-order chi connectivity index (χ0) is 17.1. The van der Waals surface area contributed by atoms with E-state index in [4.69, 9.17) is 16.9 Å². The van der Waals surface area contributed by atoms with Crippen molar-refractivity contribution in [3.63, 3.8) is 0 Å². The van der Waals surface area contributed by atoms with Crippen LogP contribution in [0.3, 0.4) is 0 Å². The Kier molecular flexibility index (Phi) is 4.83. The van der Waals surface area contributed by atoms with Crippen molar-refractivity contribution in [3.8, 4) is 6.07 Å². The van der Waals surface area contributed by atoms with Gasteiger partial charge in [-0.15, -0.1) is 0 Å². The van der Waals surface area contributed by atoms with Crippen LogP contribution in [0.25, 0.3) is 0 Å². The number of pyridine rings is 1. The summed E-state index contributed by atoms with van der Waals surface area (Å²) in [5, 5.41) is 12.2. The maximum Gasteiger partial charge on any atom is 0.323 e. The molecule has 0 aliphatic carbocycles. The molecule has 0 spiro atoms. The number of piperazine rings is 1. The monoisotopic (exact) mass is 362 g/mol. The van der Waals surface area contributed by atoms with Gasteiger partial charge >= 0.3 is 6.03 Å². The van der Waals surface area contributed by atoms with Crippen molar-refractivity contribution in [1.29, 1.82) is 5.26 Å². The highest BCUT2D eigenvalue weighted by Crippen LogP contribution is 2.23. The Morgan fingerprint density at radius 2 is 2.08 bits per heavy atom. The predicted octanol–water partition coefficient (Wildman–Crippen LogP) is 2.73. The van der Waals surface area contributed by atoms with Crippen LogP contribution in [0.2, 0.25) is 4.34 Å². The molecule has 2 aromatic heterocycles. The van der Waals surface area contributed by atoms with Gasteiger partial charge in [-0.05, 0) is 18.6 Å². The Bertz CT molecular complexity index is 794. The summed E-state index contributed by atoms with van der Waals surface area (Å²) in [5.41, 5.74) is 2.27. The number of urea groups is 1. The number of amides is 2. The van der Waals surface area contributed by atoms with Gasteiger partial charge in [-0.1, -0.05) is 22.9 Å². The maximum absolute atomic E-state index is 12.2. The zero-order valence-electron chi connectivity index (χ0n) is 13.0. The molecule has 24 heavy (non-hydrogen) atoms. The molecule has 3 rings (SSSR count). The van der Waals surface area contributed by atoms with E-state index in [1.165, 1.54) is 17.5 Å². The molecule has 1 fully saturated rings. The fraction of sp³-hybridized carbons (Fsp3) is 0.333. The number of hydrogen-bond donors (Lipinski definition) is 1. The molecule has 2 amide bonds. The lowest BCUT2D eigenvalue weighted by Gasteiger charge is -2.35. The number of nitriles is 1. The minimum atomic E-state index is -0.171. The Labute approximate surface area is 148 Å². The van der Waals surface area contributed by atoms with E-state index >= 15 is 0 Å². The first-order valence-corrected chi connectivity index (χ1v) is 8.55. The standard InChI is InChI=1S/C15H15ClN6OS/c1-10-6-11(8-18-12(10)7-17)21-2-4-22(5-3-21)15(23)20-14-19-9-13(16)24-14/h6,8-9H,2-5H2,1H3,(H,19,20,23). The lowest BCUT2D eigenvalue weighted by Crippen LogP contribution is -2.50. The molecule has 0 saturated carbocycles. The van der Waals surface area contributed by atoms with Crippen LogP contribution in [0.15, 0.2) is 18.5 Å². The van der Waals surface area contributed by atoms with Gasteiger partial charge in [0.25, 0.3) is 0 Å². The number of aromatic nitrogens is 2. The second-order valence-electron chi connectivity index (χ2n) is 5.34. The summed E-state index contributed by atoms with van der Waals surface area (Å²) in [6.07, 6.45) is 3.22. The van der Waals surface area contributed by atoms with Crippen molar-refractivity contribution in [3.05, 3.63) is 34.1 Å². The lowest BCUT2D eigenvalue weighted by molar-refractivity contribution is 0.208. The summed E-state index contributed by atoms with van der Waals surface area (Å²) in [7, 11) is 0. The number of rotatable bonds is 2. The van der Waals surface area contributed by atoms with E-state index < -0.39 is 0 Å². The molecule has 1 aliphatic rings. The van der Waals surface area contributed by atoms with E-state index in [0.717, 1.165) is 11.3 Å². The molecule has 0 radical (unpaired) electrons. The smallest absolute Gasteiger partial charge is 0.323 e. The van der Waals surface area contributed by atoms with Crippen molar-refractivity contribution in [2.75, 3.05) is 36.4 Å². The lowest BCUT2D eigenvalue weighted by atomic mass is 10.2. The molecule has 1 aliphatic heterocycles. The summed E-state index contributed by atoms with van der Waals surface area (Å²) in [5.74, 6) is 0. The highest BCUT2D eigenvalue weighted by molar-refractivity contribution is 7.19. The van der Waals surface area contributed by atoms with E-state index in [-0.39, 0.29) is 6.03 Å². The molecule has 0 unspecified atom stereocenters. The Hall–Kier alpha value is -2.37. The van der Waals surface area contributed by atoms with Crippen molar-refractivity contribution in [1.82, 2.24) is 14.9 Å². The van der Waals surface area contributed by atoms with Crippen LogP contribution in [-0.2, 0) is 0 Å². The van der Waals surface area contributed by atoms with E-state index in [9.17, 15) is 4.79 Å². The first-order chi connectivity index (χ1) is 11.6. The number of nitrogens with zero attached hydrogens (tertiary/aromatic N) is 5. The summed E-state index contributed by atoms with van der Waals surface area (Å²) >= 11 is 7.04. The van der Waals surface area contributed by atoms with Gasteiger partial charge < -0.3 is 9.80 Å². The number of nitrogens with one attached hydrogen (secondary N) is 1. The van der Waals surface area contributed by atoms with Crippen LogP contribution in [0.4, 0.5) is 15.6 Å². The summed E-state index contributed by atoms with van der Waals surface area (Å²) in [4.78, 5) is 24.3. The van der Waals surface area contributed by atoms with Crippen molar-refractivity contribution in [2.45, 2.75) is 6.92 Å². The molecule has 1 N–H and O–H groups in total. The third kappa shape index (κ3) is 3.58. The van der Waals surface area contributed by atoms with E-state index in [2.05, 4.69) is 26.3 Å². The Morgan fingerprint density at radius 3 is 2.67 bits per heavy atom. The first-order valence-electron chi connectivity index (χ1n) is 7.36. The molecular formula is C15H15ClN6OS. The van der Waals surface area contributed by atoms with E-state index in [1.54, 1.807) is 11.1 Å². The Morgan fingerprint density at radius 1 is 1.33 bits per heavy atom. The molecule has 0 atom stereocenters. The van der Waals surface area contributed by atoms with Gasteiger partial charge in [-0.3, -0.25) is 5.32 Å². The topological polar surface area (TPSA) is 85.2 Å². The molecule has 0 bridgehead atoms. The van der Waals surface area contributed by atoms with Crippen molar-refractivity contribution < 1.29 is 4.79 Å². The van der Waals surface area contributed by atoms with Crippen molar-refractivity contribution in [2.24, 2.45) is 0 Å². The average Bonchev–Trinajstić information content (AvgIpc) is 2.99. The molecule has 1 saturated heterocycles. The number of halogens is 1. The van der Waals surface area contributed by atoms with Crippen LogP contribution in [0, 0.1) is 18.3 Å². The van der Waals surface area contributed by atoms with Crippen LogP contribution in [0.5, 0.6) is 0 Å². The summed E-state index contributed by atoms with van der Waals surface area (Å²) in [6, 6.07) is 3.85. The van der Waals surface area contributed by atoms with Gasteiger partial charge in [0.05, 0.1) is 18.1 Å². The third-order valence-corrected chi connectivity index (χ3v) is 4.82. The minimum absolute atomic E-state index is 0.171. The van der Waals surface area contributed by atoms with Gasteiger partial charge in [0, 0.05) is 26.2 Å². The van der Waals surface area contributed by atoms with Crippen LogP contribution >= 0.6 is 22.9 Å². The fourth-order valence-corrected chi connectivity index (χ4v) is 3.30. The van der Waals surface area contributed by atoms with Crippen LogP contribution < -0.4 is 10.2 Å². The number of aryl methyl sites for hydroxylation is 1. The van der Waals surface area contributed by atoms with Gasteiger partial charge in [-0.25, -0.2) is 14.8 Å². The number of hydrogen-bond acceptors (Lipinski definition) is 6. The van der Waals surface area contributed by atoms with Gasteiger partial charge in [0.15, 0.2) is 5.13 Å². The fourth-order valence-electron chi connectivity index (χ4n) is 2.50. The third-order valence-electron chi connectivity index (χ3n) is 3.79. The van der Waals surface area contributed by atoms with E-state index in [0.29, 0.717) is 41.3 Å². The highest BCUT2D eigenvalue weighted by Gasteiger charge is 2.22. The SMILES string of the molecule is Cc1cc(N2CCN(C(=O)Nc3ncc(Cl)s3)CC2)cnc1C#N. The maximum atomic E-state index is 12.2. The quantitative estimate of drug-likeness (QED) is 0.887. The molecule has 124 valence electrons. The zero-order valence-corrected chi connectivity index (χ0v) is 14.6.